The van der Waals surface area contributed by atoms with E-state index in [1.165, 1.54) is 37.7 Å². The van der Waals surface area contributed by atoms with Gasteiger partial charge >= 0.3 is 0 Å². The second-order valence-corrected chi connectivity index (χ2v) is 4.94. The molecule has 0 aliphatic heterocycles. The molecule has 0 N–H and O–H groups in total. The van der Waals surface area contributed by atoms with Crippen molar-refractivity contribution in [2.75, 3.05) is 14.2 Å². The average Bonchev–Trinajstić information content (AvgIpc) is 2.39. The van der Waals surface area contributed by atoms with Gasteiger partial charge in [0.15, 0.2) is 11.5 Å². The quantitative estimate of drug-likeness (QED) is 0.766. The second-order valence-electron chi connectivity index (χ2n) is 4.46. The molecule has 2 rings (SSSR count). The third kappa shape index (κ3) is 2.46. The van der Waals surface area contributed by atoms with E-state index in [4.69, 9.17) is 9.47 Å². The molecule has 1 aromatic rings. The molecule has 0 saturated heterocycles. The van der Waals surface area contributed by atoms with Crippen LogP contribution in [0.3, 0.4) is 0 Å². The summed E-state index contributed by atoms with van der Waals surface area (Å²) in [7, 11) is 6.78. The number of hydrogen-bond acceptors (Lipinski definition) is 3. The molecule has 3 nitrogen and oxygen atoms in total. The van der Waals surface area contributed by atoms with Gasteiger partial charge in [0.25, 0.3) is 0 Å². The maximum atomic E-state index is 5.51. The molecule has 1 saturated carbocycles. The normalized spacial score (nSPS) is 16.9. The van der Waals surface area contributed by atoms with Crippen LogP contribution in [0.15, 0.2) is 6.20 Å². The molecule has 91 valence electrons. The summed E-state index contributed by atoms with van der Waals surface area (Å²) in [6.07, 6.45) is 8.31. The Morgan fingerprint density at radius 2 is 1.76 bits per heavy atom. The zero-order valence-corrected chi connectivity index (χ0v) is 11.5. The second kappa shape index (κ2) is 5.54. The lowest BCUT2D eigenvalue weighted by atomic mass is 9.84. The molecule has 0 unspecified atom stereocenters. The molecule has 1 aromatic heterocycles. The summed E-state index contributed by atoms with van der Waals surface area (Å²) in [6.45, 7) is 0. The van der Waals surface area contributed by atoms with Crippen molar-refractivity contribution in [3.63, 3.8) is 0 Å². The first-order valence-electron chi connectivity index (χ1n) is 6.10. The number of pyridine rings is 1. The molecule has 0 atom stereocenters. The van der Waals surface area contributed by atoms with Crippen molar-refractivity contribution in [2.24, 2.45) is 0 Å². The van der Waals surface area contributed by atoms with Crippen LogP contribution in [0.5, 0.6) is 11.5 Å². The Kier molecular flexibility index (Phi) is 4.05. The van der Waals surface area contributed by atoms with E-state index in [-0.39, 0.29) is 0 Å². The number of nitrogens with zero attached hydrogens (tertiary/aromatic N) is 1. The summed E-state index contributed by atoms with van der Waals surface area (Å²) in [5.41, 5.74) is 1.19. The number of methoxy groups -OCH3 is 2. The SMILES string of the molecule is COc1c(C2CCCCC2)cnc([Si])c1OC. The highest BCUT2D eigenvalue weighted by Crippen LogP contribution is 2.40. The molecule has 4 heteroatoms. The molecule has 1 heterocycles. The van der Waals surface area contributed by atoms with Crippen LogP contribution in [0.2, 0.25) is 0 Å². The fourth-order valence-electron chi connectivity index (χ4n) is 2.59. The van der Waals surface area contributed by atoms with Crippen LogP contribution in [-0.4, -0.2) is 29.4 Å². The average molecular weight is 248 g/mol. The lowest BCUT2D eigenvalue weighted by Gasteiger charge is -2.24. The fraction of sp³-hybridized carbons (Fsp3) is 0.615. The molecular formula is C13H18NO2Si. The van der Waals surface area contributed by atoms with Crippen molar-refractivity contribution in [1.29, 1.82) is 0 Å². The van der Waals surface area contributed by atoms with Crippen LogP contribution >= 0.6 is 0 Å². The molecule has 3 radical (unpaired) electrons. The third-order valence-electron chi connectivity index (χ3n) is 3.47. The van der Waals surface area contributed by atoms with Crippen LogP contribution in [-0.2, 0) is 0 Å². The summed E-state index contributed by atoms with van der Waals surface area (Å²) in [5.74, 6) is 2.10. The van der Waals surface area contributed by atoms with Crippen molar-refractivity contribution in [2.45, 2.75) is 38.0 Å². The van der Waals surface area contributed by atoms with Crippen molar-refractivity contribution >= 4 is 15.6 Å². The van der Waals surface area contributed by atoms with Crippen LogP contribution in [0, 0.1) is 0 Å². The molecule has 1 aliphatic rings. The molecule has 17 heavy (non-hydrogen) atoms. The lowest BCUT2D eigenvalue weighted by Crippen LogP contribution is -2.16. The highest BCUT2D eigenvalue weighted by molar-refractivity contribution is 6.32. The molecular weight excluding hydrogens is 230 g/mol. The Labute approximate surface area is 106 Å². The van der Waals surface area contributed by atoms with Crippen LogP contribution in [0.4, 0.5) is 0 Å². The predicted octanol–water partition coefficient (Wildman–Crippen LogP) is 1.94. The Morgan fingerprint density at radius 1 is 1.12 bits per heavy atom. The highest BCUT2D eigenvalue weighted by Gasteiger charge is 2.23. The van der Waals surface area contributed by atoms with Crippen LogP contribution in [0.1, 0.15) is 43.6 Å². The first-order valence-corrected chi connectivity index (χ1v) is 6.60. The van der Waals surface area contributed by atoms with E-state index in [1.807, 2.05) is 6.20 Å². The fourth-order valence-corrected chi connectivity index (χ4v) is 2.87. The Balaban J connectivity index is 2.38. The monoisotopic (exact) mass is 248 g/mol. The van der Waals surface area contributed by atoms with Gasteiger partial charge < -0.3 is 9.47 Å². The zero-order chi connectivity index (χ0) is 12.3. The summed E-state index contributed by atoms with van der Waals surface area (Å²) < 4.78 is 10.9. The third-order valence-corrected chi connectivity index (χ3v) is 3.83. The van der Waals surface area contributed by atoms with Gasteiger partial charge in [-0.25, -0.2) is 0 Å². The van der Waals surface area contributed by atoms with E-state index in [2.05, 4.69) is 15.2 Å². The number of aromatic nitrogens is 1. The zero-order valence-electron chi connectivity index (χ0n) is 10.5. The number of ether oxygens (including phenoxy) is 2. The molecule has 0 bridgehead atoms. The minimum absolute atomic E-state index is 0.562. The topological polar surface area (TPSA) is 31.4 Å². The van der Waals surface area contributed by atoms with E-state index in [9.17, 15) is 0 Å². The van der Waals surface area contributed by atoms with E-state index in [0.29, 0.717) is 17.0 Å². The van der Waals surface area contributed by atoms with Gasteiger partial charge in [0.1, 0.15) is 10.2 Å². The Hall–Kier alpha value is -1.03. The van der Waals surface area contributed by atoms with Crippen molar-refractivity contribution in [3.8, 4) is 11.5 Å². The smallest absolute Gasteiger partial charge is 0.177 e. The first kappa shape index (κ1) is 12.4. The summed E-state index contributed by atoms with van der Waals surface area (Å²) in [4.78, 5) is 4.34. The minimum atomic E-state index is 0.562. The summed E-state index contributed by atoms with van der Waals surface area (Å²) in [5, 5.41) is 0.698. The highest BCUT2D eigenvalue weighted by atomic mass is 28.1. The van der Waals surface area contributed by atoms with Crippen LogP contribution in [0.25, 0.3) is 0 Å². The molecule has 1 fully saturated rings. The maximum absolute atomic E-state index is 5.51. The number of hydrogen-bond donors (Lipinski definition) is 0. The van der Waals surface area contributed by atoms with E-state index in [0.717, 1.165) is 5.75 Å². The van der Waals surface area contributed by atoms with Gasteiger partial charge in [-0.1, -0.05) is 19.3 Å². The van der Waals surface area contributed by atoms with Gasteiger partial charge in [-0.2, -0.15) is 0 Å². The van der Waals surface area contributed by atoms with Crippen molar-refractivity contribution < 1.29 is 9.47 Å². The van der Waals surface area contributed by atoms with Gasteiger partial charge in [0.2, 0.25) is 0 Å². The van der Waals surface area contributed by atoms with Gasteiger partial charge in [-0.3, -0.25) is 4.98 Å². The molecule has 1 aliphatic carbocycles. The van der Waals surface area contributed by atoms with Crippen molar-refractivity contribution in [1.82, 2.24) is 4.98 Å². The van der Waals surface area contributed by atoms with E-state index >= 15 is 0 Å². The van der Waals surface area contributed by atoms with E-state index < -0.39 is 0 Å². The largest absolute Gasteiger partial charge is 0.492 e. The van der Waals surface area contributed by atoms with E-state index in [1.54, 1.807) is 14.2 Å². The Bertz CT molecular complexity index is 389. The molecule has 0 amide bonds. The summed E-state index contributed by atoms with van der Waals surface area (Å²) in [6, 6.07) is 0. The first-order chi connectivity index (χ1) is 8.27. The molecule has 0 aromatic carbocycles. The Morgan fingerprint density at radius 3 is 2.35 bits per heavy atom. The maximum Gasteiger partial charge on any atom is 0.177 e. The number of rotatable bonds is 3. The standard InChI is InChI=1S/C13H18NO2Si/c1-15-11-10(9-6-4-3-5-7-9)8-14-13(17)12(11)16-2/h8-9H,3-7H2,1-2H3. The van der Waals surface area contributed by atoms with Crippen molar-refractivity contribution in [3.05, 3.63) is 11.8 Å². The van der Waals surface area contributed by atoms with Gasteiger partial charge in [0.05, 0.1) is 19.5 Å². The van der Waals surface area contributed by atoms with Gasteiger partial charge in [0, 0.05) is 11.8 Å². The summed E-state index contributed by atoms with van der Waals surface area (Å²) >= 11 is 0. The van der Waals surface area contributed by atoms with Crippen LogP contribution < -0.4 is 14.8 Å². The lowest BCUT2D eigenvalue weighted by molar-refractivity contribution is 0.343. The van der Waals surface area contributed by atoms with Gasteiger partial charge in [-0.15, -0.1) is 0 Å². The molecule has 0 spiro atoms. The predicted molar refractivity (Wildman–Crippen MR) is 68.6 cm³/mol. The van der Waals surface area contributed by atoms with Gasteiger partial charge in [-0.05, 0) is 18.8 Å². The minimum Gasteiger partial charge on any atom is -0.492 e.